The van der Waals surface area contributed by atoms with Crippen molar-refractivity contribution in [1.82, 2.24) is 24.9 Å². The smallest absolute Gasteiger partial charge is 0.165 e. The topological polar surface area (TPSA) is 111 Å². The number of nitrogens with one attached hydrogen (secondary N) is 1. The average molecular weight is 497 g/mol. The number of ether oxygens (including phenoxy) is 1. The van der Waals surface area contributed by atoms with Crippen LogP contribution < -0.4 is 11.1 Å². The lowest BCUT2D eigenvalue weighted by molar-refractivity contribution is 0.0110. The van der Waals surface area contributed by atoms with Gasteiger partial charge in [-0.05, 0) is 53.9 Å². The second-order valence-corrected chi connectivity index (χ2v) is 9.17. The second kappa shape index (κ2) is 8.40. The zero-order valence-corrected chi connectivity index (χ0v) is 19.4. The van der Waals surface area contributed by atoms with Crippen molar-refractivity contribution in [2.24, 2.45) is 0 Å². The van der Waals surface area contributed by atoms with E-state index in [9.17, 15) is 5.11 Å². The number of pyridine rings is 1. The molecule has 4 N–H and O–H groups in total. The van der Waals surface area contributed by atoms with Crippen LogP contribution in [0.2, 0.25) is 0 Å². The first-order chi connectivity index (χ1) is 15.5. The van der Waals surface area contributed by atoms with Gasteiger partial charge in [0, 0.05) is 48.0 Å². The number of fused-ring (bicyclic) bond motifs is 2. The molecule has 9 heteroatoms. The number of nitrogen functional groups attached to an aromatic ring is 1. The molecule has 1 saturated heterocycles. The summed E-state index contributed by atoms with van der Waals surface area (Å²) in [5.41, 5.74) is 11.4. The first kappa shape index (κ1) is 21.3. The number of aromatic nitrogens is 4. The largest absolute Gasteiger partial charge is 0.394 e. The van der Waals surface area contributed by atoms with Gasteiger partial charge in [0.15, 0.2) is 5.65 Å². The van der Waals surface area contributed by atoms with Crippen molar-refractivity contribution in [2.45, 2.75) is 31.8 Å². The predicted octanol–water partition coefficient (Wildman–Crippen LogP) is 3.23. The van der Waals surface area contributed by atoms with E-state index in [1.807, 2.05) is 12.3 Å². The number of benzene rings is 1. The number of nitrogens with zero attached hydrogens (tertiary/aromatic N) is 4. The SMILES string of the molecule is Cc1ccc2ncc(-c3cnn4c(N)c(Br)c(CNC5(CO)CCOCC5)nc34)cc2c1. The van der Waals surface area contributed by atoms with Crippen LogP contribution in [0.3, 0.4) is 0 Å². The Morgan fingerprint density at radius 2 is 2.06 bits per heavy atom. The molecule has 0 aliphatic carbocycles. The molecule has 4 heterocycles. The van der Waals surface area contributed by atoms with Crippen LogP contribution in [-0.2, 0) is 11.3 Å². The minimum absolute atomic E-state index is 0.0474. The van der Waals surface area contributed by atoms with E-state index in [0.717, 1.165) is 40.6 Å². The van der Waals surface area contributed by atoms with Crippen molar-refractivity contribution in [3.05, 3.63) is 52.4 Å². The van der Waals surface area contributed by atoms with E-state index in [2.05, 4.69) is 56.5 Å². The predicted molar refractivity (Wildman–Crippen MR) is 127 cm³/mol. The first-order valence-corrected chi connectivity index (χ1v) is 11.4. The van der Waals surface area contributed by atoms with Crippen molar-refractivity contribution in [1.29, 1.82) is 0 Å². The molecule has 0 radical (unpaired) electrons. The summed E-state index contributed by atoms with van der Waals surface area (Å²) < 4.78 is 7.79. The zero-order chi connectivity index (χ0) is 22.3. The lowest BCUT2D eigenvalue weighted by Crippen LogP contribution is -2.52. The van der Waals surface area contributed by atoms with E-state index < -0.39 is 0 Å². The van der Waals surface area contributed by atoms with Crippen LogP contribution in [0.15, 0.2) is 41.1 Å². The number of halogens is 1. The second-order valence-electron chi connectivity index (χ2n) is 8.38. The van der Waals surface area contributed by atoms with E-state index in [4.69, 9.17) is 15.5 Å². The van der Waals surface area contributed by atoms with Crippen molar-refractivity contribution >= 4 is 38.3 Å². The van der Waals surface area contributed by atoms with Gasteiger partial charge >= 0.3 is 0 Å². The van der Waals surface area contributed by atoms with Crippen LogP contribution in [0.1, 0.15) is 24.1 Å². The van der Waals surface area contributed by atoms with Crippen molar-refractivity contribution in [3.63, 3.8) is 0 Å². The highest BCUT2D eigenvalue weighted by Crippen LogP contribution is 2.31. The summed E-state index contributed by atoms with van der Waals surface area (Å²) in [5.74, 6) is 0.479. The Morgan fingerprint density at radius 1 is 1.25 bits per heavy atom. The molecule has 0 amide bonds. The van der Waals surface area contributed by atoms with E-state index in [-0.39, 0.29) is 12.1 Å². The molecule has 1 aromatic carbocycles. The van der Waals surface area contributed by atoms with Crippen molar-refractivity contribution < 1.29 is 9.84 Å². The summed E-state index contributed by atoms with van der Waals surface area (Å²) in [7, 11) is 0. The molecule has 4 aromatic rings. The number of hydrogen-bond acceptors (Lipinski definition) is 7. The van der Waals surface area contributed by atoms with Gasteiger partial charge < -0.3 is 20.9 Å². The molecule has 0 saturated carbocycles. The van der Waals surface area contributed by atoms with Gasteiger partial charge in [0.25, 0.3) is 0 Å². The summed E-state index contributed by atoms with van der Waals surface area (Å²) in [6, 6.07) is 8.30. The molecular weight excluding hydrogens is 472 g/mol. The fourth-order valence-corrected chi connectivity index (χ4v) is 4.58. The third-order valence-corrected chi connectivity index (χ3v) is 7.09. The Hall–Kier alpha value is -2.59. The fourth-order valence-electron chi connectivity index (χ4n) is 4.19. The van der Waals surface area contributed by atoms with Gasteiger partial charge in [0.05, 0.1) is 28.5 Å². The van der Waals surface area contributed by atoms with Gasteiger partial charge in [-0.25, -0.2) is 4.98 Å². The quantitative estimate of drug-likeness (QED) is 0.388. The molecule has 1 aliphatic heterocycles. The maximum absolute atomic E-state index is 9.99. The first-order valence-electron chi connectivity index (χ1n) is 10.6. The minimum atomic E-state index is -0.372. The van der Waals surface area contributed by atoms with E-state index in [1.165, 1.54) is 5.56 Å². The molecule has 0 unspecified atom stereocenters. The molecule has 8 nitrogen and oxygen atoms in total. The van der Waals surface area contributed by atoms with E-state index in [1.54, 1.807) is 10.7 Å². The molecule has 5 rings (SSSR count). The van der Waals surface area contributed by atoms with Gasteiger partial charge in [0.1, 0.15) is 5.82 Å². The fraction of sp³-hybridized carbons (Fsp3) is 0.348. The highest BCUT2D eigenvalue weighted by Gasteiger charge is 2.32. The lowest BCUT2D eigenvalue weighted by Gasteiger charge is -2.36. The highest BCUT2D eigenvalue weighted by molar-refractivity contribution is 9.10. The standard InChI is InChI=1S/C23H25BrN6O2/c1-14-2-3-18-15(8-14)9-16(10-26-18)17-11-28-30-21(25)20(24)19(29-22(17)30)12-27-23(13-31)4-6-32-7-5-23/h2-3,8-11,27,31H,4-7,12-13,25H2,1H3. The van der Waals surface area contributed by atoms with Gasteiger partial charge in [-0.15, -0.1) is 0 Å². The van der Waals surface area contributed by atoms with E-state index >= 15 is 0 Å². The Balaban J connectivity index is 1.54. The molecule has 166 valence electrons. The summed E-state index contributed by atoms with van der Waals surface area (Å²) in [6.45, 7) is 3.83. The highest BCUT2D eigenvalue weighted by atomic mass is 79.9. The molecule has 0 bridgehead atoms. The number of anilines is 1. The maximum Gasteiger partial charge on any atom is 0.165 e. The summed E-state index contributed by atoms with van der Waals surface area (Å²) in [5, 5.41) is 19.0. The van der Waals surface area contributed by atoms with Crippen LogP contribution in [0.25, 0.3) is 27.7 Å². The van der Waals surface area contributed by atoms with Gasteiger partial charge in [-0.3, -0.25) is 4.98 Å². The lowest BCUT2D eigenvalue weighted by atomic mass is 9.91. The number of aryl methyl sites for hydroxylation is 1. The van der Waals surface area contributed by atoms with Crippen molar-refractivity contribution in [2.75, 3.05) is 25.6 Å². The molecule has 1 aliphatic rings. The summed E-state index contributed by atoms with van der Waals surface area (Å²) in [4.78, 5) is 9.50. The summed E-state index contributed by atoms with van der Waals surface area (Å²) in [6.07, 6.45) is 5.11. The van der Waals surface area contributed by atoms with Crippen LogP contribution in [0.4, 0.5) is 5.82 Å². The third-order valence-electron chi connectivity index (χ3n) is 6.22. The molecule has 3 aromatic heterocycles. The van der Waals surface area contributed by atoms with Gasteiger partial charge in [0.2, 0.25) is 0 Å². The van der Waals surface area contributed by atoms with Crippen LogP contribution >= 0.6 is 15.9 Å². The normalized spacial score (nSPS) is 16.1. The average Bonchev–Trinajstić information content (AvgIpc) is 3.24. The van der Waals surface area contributed by atoms with Crippen LogP contribution in [-0.4, -0.2) is 50.0 Å². The maximum atomic E-state index is 9.99. The van der Waals surface area contributed by atoms with Crippen LogP contribution in [0.5, 0.6) is 0 Å². The van der Waals surface area contributed by atoms with Crippen molar-refractivity contribution in [3.8, 4) is 11.1 Å². The van der Waals surface area contributed by atoms with E-state index in [0.29, 0.717) is 35.7 Å². The number of aliphatic hydroxyl groups excluding tert-OH is 1. The molecule has 0 spiro atoms. The third kappa shape index (κ3) is 3.75. The van der Waals surface area contributed by atoms with Gasteiger partial charge in [-0.1, -0.05) is 11.6 Å². The Bertz CT molecular complexity index is 1300. The zero-order valence-electron chi connectivity index (χ0n) is 17.8. The number of hydrogen-bond donors (Lipinski definition) is 3. The molecular formula is C23H25BrN6O2. The Morgan fingerprint density at radius 3 is 2.84 bits per heavy atom. The molecule has 32 heavy (non-hydrogen) atoms. The number of nitrogens with two attached hydrogens (primary N) is 1. The number of rotatable bonds is 5. The monoisotopic (exact) mass is 496 g/mol. The minimum Gasteiger partial charge on any atom is -0.394 e. The van der Waals surface area contributed by atoms with Crippen LogP contribution in [0, 0.1) is 6.92 Å². The summed E-state index contributed by atoms with van der Waals surface area (Å²) >= 11 is 3.58. The van der Waals surface area contributed by atoms with Gasteiger partial charge in [-0.2, -0.15) is 9.61 Å². The number of aliphatic hydroxyl groups is 1. The Kier molecular flexibility index (Phi) is 5.58. The molecule has 1 fully saturated rings. The molecule has 0 atom stereocenters. The Labute approximate surface area is 193 Å².